The summed E-state index contributed by atoms with van der Waals surface area (Å²) in [4.78, 5) is 27.3. The third-order valence-electron chi connectivity index (χ3n) is 5.28. The molecule has 0 bridgehead atoms. The zero-order valence-electron chi connectivity index (χ0n) is 18.3. The van der Waals surface area contributed by atoms with Crippen molar-refractivity contribution in [1.82, 2.24) is 4.90 Å². The molecule has 1 amide bonds. The van der Waals surface area contributed by atoms with Crippen LogP contribution in [-0.4, -0.2) is 48.6 Å². The lowest BCUT2D eigenvalue weighted by Crippen LogP contribution is -2.31. The molecule has 6 nitrogen and oxygen atoms in total. The van der Waals surface area contributed by atoms with Gasteiger partial charge >= 0.3 is 0 Å². The monoisotopic (exact) mass is 423 g/mol. The topological polar surface area (TPSA) is 76.1 Å². The summed E-state index contributed by atoms with van der Waals surface area (Å²) in [5.74, 6) is -0.725. The molecule has 1 N–H and O–H groups in total. The lowest BCUT2D eigenvalue weighted by atomic mass is 9.95. The molecule has 0 saturated carbocycles. The van der Waals surface area contributed by atoms with Crippen LogP contribution in [0.25, 0.3) is 5.76 Å². The van der Waals surface area contributed by atoms with E-state index in [1.54, 1.807) is 19.2 Å². The van der Waals surface area contributed by atoms with Crippen LogP contribution in [0.15, 0.2) is 54.1 Å². The van der Waals surface area contributed by atoms with Gasteiger partial charge in [-0.3, -0.25) is 9.59 Å². The van der Waals surface area contributed by atoms with E-state index in [1.807, 2.05) is 50.2 Å². The van der Waals surface area contributed by atoms with Gasteiger partial charge in [-0.05, 0) is 37.5 Å². The lowest BCUT2D eigenvalue weighted by Gasteiger charge is -2.25. The van der Waals surface area contributed by atoms with Crippen molar-refractivity contribution >= 4 is 17.4 Å². The fourth-order valence-electron chi connectivity index (χ4n) is 3.67. The quantitative estimate of drug-likeness (QED) is 0.283. The van der Waals surface area contributed by atoms with Gasteiger partial charge in [-0.25, -0.2) is 0 Å². The van der Waals surface area contributed by atoms with Crippen molar-refractivity contribution in [2.24, 2.45) is 0 Å². The van der Waals surface area contributed by atoms with Crippen molar-refractivity contribution in [3.8, 4) is 5.75 Å². The van der Waals surface area contributed by atoms with Crippen LogP contribution in [0.3, 0.4) is 0 Å². The van der Waals surface area contributed by atoms with Crippen molar-refractivity contribution in [2.75, 3.05) is 26.9 Å². The molecule has 2 aromatic rings. The summed E-state index contributed by atoms with van der Waals surface area (Å²) in [6.45, 7) is 5.41. The van der Waals surface area contributed by atoms with E-state index in [-0.39, 0.29) is 11.3 Å². The molecule has 1 atom stereocenters. The van der Waals surface area contributed by atoms with Crippen molar-refractivity contribution in [1.29, 1.82) is 0 Å². The zero-order valence-corrected chi connectivity index (χ0v) is 18.3. The number of nitrogens with zero attached hydrogens (tertiary/aromatic N) is 1. The normalized spacial score (nSPS) is 17.9. The minimum Gasteiger partial charge on any atom is -0.507 e. The average molecular weight is 424 g/mol. The van der Waals surface area contributed by atoms with Gasteiger partial charge in [0.05, 0.1) is 18.2 Å². The van der Waals surface area contributed by atoms with E-state index in [2.05, 4.69) is 0 Å². The highest BCUT2D eigenvalue weighted by molar-refractivity contribution is 6.46. The molecule has 164 valence electrons. The lowest BCUT2D eigenvalue weighted by molar-refractivity contribution is -0.140. The summed E-state index contributed by atoms with van der Waals surface area (Å²) in [6.07, 6.45) is 1.49. The predicted molar refractivity (Wildman–Crippen MR) is 119 cm³/mol. The van der Waals surface area contributed by atoms with Crippen molar-refractivity contribution in [2.45, 2.75) is 32.7 Å². The molecule has 1 fully saturated rings. The number of aliphatic hydroxyl groups is 1. The van der Waals surface area contributed by atoms with Gasteiger partial charge in [0, 0.05) is 25.8 Å². The van der Waals surface area contributed by atoms with Crippen LogP contribution in [0, 0.1) is 6.92 Å². The summed E-state index contributed by atoms with van der Waals surface area (Å²) >= 11 is 0. The Labute approximate surface area is 183 Å². The van der Waals surface area contributed by atoms with Crippen LogP contribution in [0.1, 0.15) is 42.5 Å². The first-order valence-electron chi connectivity index (χ1n) is 10.5. The third-order valence-corrected chi connectivity index (χ3v) is 5.28. The Hall–Kier alpha value is -3.12. The van der Waals surface area contributed by atoms with E-state index < -0.39 is 17.7 Å². The van der Waals surface area contributed by atoms with Gasteiger partial charge in [0.1, 0.15) is 11.5 Å². The number of ketones is 1. The molecular formula is C25H29NO5. The molecule has 6 heteroatoms. The number of carbonyl (C=O) groups is 2. The summed E-state index contributed by atoms with van der Waals surface area (Å²) in [5, 5.41) is 11.0. The zero-order chi connectivity index (χ0) is 22.4. The van der Waals surface area contributed by atoms with E-state index in [0.29, 0.717) is 31.7 Å². The second-order valence-corrected chi connectivity index (χ2v) is 7.62. The maximum atomic E-state index is 13.0. The number of Topliss-reactive ketones (excluding diaryl/α,β-unsaturated/α-hetero) is 1. The Morgan fingerprint density at radius 1 is 1.03 bits per heavy atom. The van der Waals surface area contributed by atoms with E-state index >= 15 is 0 Å². The van der Waals surface area contributed by atoms with Crippen molar-refractivity contribution in [3.05, 3.63) is 70.8 Å². The molecule has 1 unspecified atom stereocenters. The van der Waals surface area contributed by atoms with E-state index in [0.717, 1.165) is 23.3 Å². The first-order chi connectivity index (χ1) is 15.0. The number of methoxy groups -OCH3 is 1. The van der Waals surface area contributed by atoms with Gasteiger partial charge in [-0.15, -0.1) is 0 Å². The minimum absolute atomic E-state index is 0.105. The first kappa shape index (κ1) is 22.6. The summed E-state index contributed by atoms with van der Waals surface area (Å²) in [7, 11) is 1.60. The second kappa shape index (κ2) is 10.3. The largest absolute Gasteiger partial charge is 0.507 e. The Morgan fingerprint density at radius 2 is 1.71 bits per heavy atom. The number of carbonyl (C=O) groups excluding carboxylic acids is 2. The molecular weight excluding hydrogens is 394 g/mol. The molecule has 1 heterocycles. The van der Waals surface area contributed by atoms with Crippen LogP contribution in [-0.2, 0) is 14.3 Å². The van der Waals surface area contributed by atoms with Gasteiger partial charge in [0.25, 0.3) is 11.7 Å². The second-order valence-electron chi connectivity index (χ2n) is 7.62. The molecule has 0 aromatic heterocycles. The SMILES string of the molecule is CCCOc1ccc(C2/C(=C(/O)c3ccc(C)cc3)C(=O)C(=O)N2CCCOC)cc1. The summed E-state index contributed by atoms with van der Waals surface area (Å²) < 4.78 is 10.8. The summed E-state index contributed by atoms with van der Waals surface area (Å²) in [5.41, 5.74) is 2.40. The molecule has 0 spiro atoms. The van der Waals surface area contributed by atoms with E-state index in [4.69, 9.17) is 9.47 Å². The third kappa shape index (κ3) is 4.97. The molecule has 1 aliphatic heterocycles. The van der Waals surface area contributed by atoms with Crippen molar-refractivity contribution < 1.29 is 24.2 Å². The number of benzene rings is 2. The van der Waals surface area contributed by atoms with Crippen LogP contribution in [0.4, 0.5) is 0 Å². The van der Waals surface area contributed by atoms with Gasteiger partial charge in [0.15, 0.2) is 0 Å². The van der Waals surface area contributed by atoms with Crippen LogP contribution in [0.5, 0.6) is 5.75 Å². The highest BCUT2D eigenvalue weighted by atomic mass is 16.5. The fourth-order valence-corrected chi connectivity index (χ4v) is 3.67. The standard InChI is InChI=1S/C25H29NO5/c1-4-15-31-20-12-10-18(11-13-20)22-21(23(27)19-8-6-17(2)7-9-19)24(28)25(29)26(22)14-5-16-30-3/h6-13,22,27H,4-5,14-16H2,1-3H3/b23-21-. The van der Waals surface area contributed by atoms with Gasteiger partial charge in [0.2, 0.25) is 0 Å². The highest BCUT2D eigenvalue weighted by Crippen LogP contribution is 2.39. The Bertz CT molecular complexity index is 947. The number of likely N-dealkylation sites (tertiary alicyclic amines) is 1. The number of hydrogen-bond acceptors (Lipinski definition) is 5. The molecule has 0 radical (unpaired) electrons. The van der Waals surface area contributed by atoms with Crippen LogP contribution in [0.2, 0.25) is 0 Å². The number of amides is 1. The maximum Gasteiger partial charge on any atom is 0.295 e. The number of rotatable bonds is 9. The van der Waals surface area contributed by atoms with Crippen LogP contribution < -0.4 is 4.74 Å². The summed E-state index contributed by atoms with van der Waals surface area (Å²) in [6, 6.07) is 13.9. The molecule has 2 aromatic carbocycles. The van der Waals surface area contributed by atoms with Crippen molar-refractivity contribution in [3.63, 3.8) is 0 Å². The Kier molecular flexibility index (Phi) is 7.47. The van der Waals surface area contributed by atoms with Crippen LogP contribution >= 0.6 is 0 Å². The Morgan fingerprint density at radius 3 is 2.32 bits per heavy atom. The van der Waals surface area contributed by atoms with E-state index in [9.17, 15) is 14.7 Å². The number of aryl methyl sites for hydroxylation is 1. The maximum absolute atomic E-state index is 13.0. The average Bonchev–Trinajstić information content (AvgIpc) is 3.03. The molecule has 3 rings (SSSR count). The van der Waals surface area contributed by atoms with Gasteiger partial charge in [-0.2, -0.15) is 0 Å². The fraction of sp³-hybridized carbons (Fsp3) is 0.360. The minimum atomic E-state index is -0.674. The molecule has 0 aliphatic carbocycles. The van der Waals surface area contributed by atoms with Gasteiger partial charge in [-0.1, -0.05) is 48.9 Å². The van der Waals surface area contributed by atoms with E-state index in [1.165, 1.54) is 4.90 Å². The highest BCUT2D eigenvalue weighted by Gasteiger charge is 2.45. The smallest absolute Gasteiger partial charge is 0.295 e. The number of hydrogen-bond donors (Lipinski definition) is 1. The predicted octanol–water partition coefficient (Wildman–Crippen LogP) is 4.24. The number of aliphatic hydroxyl groups excluding tert-OH is 1. The first-order valence-corrected chi connectivity index (χ1v) is 10.5. The van der Waals surface area contributed by atoms with Gasteiger partial charge < -0.3 is 19.5 Å². The molecule has 1 saturated heterocycles. The molecule has 1 aliphatic rings. The molecule has 31 heavy (non-hydrogen) atoms. The number of ether oxygens (including phenoxy) is 2. The Balaban J connectivity index is 2.04.